The van der Waals surface area contributed by atoms with E-state index >= 15 is 0 Å². The summed E-state index contributed by atoms with van der Waals surface area (Å²) >= 11 is 0. The molecule has 11 heteroatoms. The zero-order valence-electron chi connectivity index (χ0n) is 35.5. The van der Waals surface area contributed by atoms with Crippen molar-refractivity contribution in [3.05, 3.63) is 48.6 Å². The second-order valence-corrected chi connectivity index (χ2v) is 17.0. The van der Waals surface area contributed by atoms with Crippen molar-refractivity contribution in [3.63, 3.8) is 0 Å². The molecule has 0 bridgehead atoms. The number of allylic oxidation sites excluding steroid dienone is 6. The number of ether oxygens (including phenoxy) is 2. The Morgan fingerprint density at radius 3 is 1.87 bits per heavy atom. The van der Waals surface area contributed by atoms with Crippen LogP contribution in [0.2, 0.25) is 0 Å². The molecule has 3 atom stereocenters. The van der Waals surface area contributed by atoms with Gasteiger partial charge >= 0.3 is 11.9 Å². The first-order valence-electron chi connectivity index (χ1n) is 21.5. The number of hydrogen-bond donors (Lipinski definition) is 1. The number of phosphoric acid groups is 1. The summed E-state index contributed by atoms with van der Waals surface area (Å²) in [5, 5.41) is 10.0. The van der Waals surface area contributed by atoms with Crippen LogP contribution in [-0.4, -0.2) is 81.2 Å². The second kappa shape index (κ2) is 36.3. The van der Waals surface area contributed by atoms with Gasteiger partial charge in [0, 0.05) is 12.8 Å². The van der Waals surface area contributed by atoms with E-state index in [-0.39, 0.29) is 26.1 Å². The number of phosphoric ester groups is 1. The van der Waals surface area contributed by atoms with Crippen LogP contribution >= 0.6 is 7.82 Å². The number of rotatable bonds is 38. The highest BCUT2D eigenvalue weighted by molar-refractivity contribution is 7.45. The lowest BCUT2D eigenvalue weighted by atomic mass is 10.0. The third-order valence-electron chi connectivity index (χ3n) is 8.93. The standard InChI is InChI=1S/C44H80NO9P/c1-6-8-10-12-14-15-16-17-18-19-23-27-31-35-43(47)51-39-42(40-53-55(49,50)52-38-37-45(3,4)5)54-44(48)36-32-28-24-21-20-22-26-30-34-41(46)33-29-25-13-11-9-7-2/h21-22,24-26,29-30,34,41-42,46H,6-20,23,27-28,31-33,35-40H2,1-5H3/b24-21-,26-22-,29-25-,34-30+/t41-,42+/m0/s1. The highest BCUT2D eigenvalue weighted by atomic mass is 31.2. The molecule has 0 amide bonds. The summed E-state index contributed by atoms with van der Waals surface area (Å²) in [7, 11) is 1.09. The van der Waals surface area contributed by atoms with Gasteiger partial charge in [-0.05, 0) is 44.9 Å². The van der Waals surface area contributed by atoms with Gasteiger partial charge in [0.2, 0.25) is 0 Å². The first-order chi connectivity index (χ1) is 26.4. The monoisotopic (exact) mass is 798 g/mol. The van der Waals surface area contributed by atoms with E-state index in [0.29, 0.717) is 36.7 Å². The third-order valence-corrected chi connectivity index (χ3v) is 9.90. The molecule has 0 aromatic carbocycles. The van der Waals surface area contributed by atoms with Crippen molar-refractivity contribution in [2.24, 2.45) is 0 Å². The fourth-order valence-electron chi connectivity index (χ4n) is 5.50. The molecule has 0 saturated carbocycles. The van der Waals surface area contributed by atoms with E-state index in [0.717, 1.165) is 25.7 Å². The lowest BCUT2D eigenvalue weighted by molar-refractivity contribution is -0.870. The van der Waals surface area contributed by atoms with Gasteiger partial charge in [0.1, 0.15) is 19.8 Å². The Labute approximate surface area is 336 Å². The molecule has 0 aliphatic carbocycles. The van der Waals surface area contributed by atoms with Crippen molar-refractivity contribution in [3.8, 4) is 0 Å². The van der Waals surface area contributed by atoms with Gasteiger partial charge in [0.25, 0.3) is 7.82 Å². The van der Waals surface area contributed by atoms with Crippen LogP contribution in [0.5, 0.6) is 0 Å². The molecule has 320 valence electrons. The first kappa shape index (κ1) is 52.9. The minimum absolute atomic E-state index is 0.0525. The Balaban J connectivity index is 4.55. The largest absolute Gasteiger partial charge is 0.756 e. The van der Waals surface area contributed by atoms with Gasteiger partial charge in [0.05, 0.1) is 33.9 Å². The summed E-state index contributed by atoms with van der Waals surface area (Å²) in [5.41, 5.74) is 0. The van der Waals surface area contributed by atoms with E-state index in [1.807, 2.05) is 57.6 Å². The molecule has 0 fully saturated rings. The summed E-state index contributed by atoms with van der Waals surface area (Å²) in [4.78, 5) is 37.4. The Morgan fingerprint density at radius 2 is 1.24 bits per heavy atom. The molecule has 0 rings (SSSR count). The zero-order chi connectivity index (χ0) is 40.9. The number of nitrogens with zero attached hydrogens (tertiary/aromatic N) is 1. The van der Waals surface area contributed by atoms with Gasteiger partial charge < -0.3 is 33.0 Å². The Kier molecular flexibility index (Phi) is 34.9. The molecular weight excluding hydrogens is 717 g/mol. The summed E-state index contributed by atoms with van der Waals surface area (Å²) in [6.45, 7) is 4.03. The molecule has 0 saturated heterocycles. The molecular formula is C44H80NO9P. The molecule has 55 heavy (non-hydrogen) atoms. The average Bonchev–Trinajstić information content (AvgIpc) is 3.13. The number of carbonyl (C=O) groups is 2. The van der Waals surface area contributed by atoms with Gasteiger partial charge in [-0.2, -0.15) is 0 Å². The van der Waals surface area contributed by atoms with Crippen LogP contribution in [0, 0.1) is 0 Å². The summed E-state index contributed by atoms with van der Waals surface area (Å²) in [5.74, 6) is -0.939. The van der Waals surface area contributed by atoms with Crippen molar-refractivity contribution < 1.29 is 47.2 Å². The average molecular weight is 798 g/mol. The lowest BCUT2D eigenvalue weighted by Gasteiger charge is -2.28. The number of aliphatic hydroxyl groups excluding tert-OH is 1. The third kappa shape index (κ3) is 39.9. The fraction of sp³-hybridized carbons (Fsp3) is 0.773. The van der Waals surface area contributed by atoms with Crippen LogP contribution in [0.1, 0.15) is 162 Å². The van der Waals surface area contributed by atoms with Gasteiger partial charge in [-0.15, -0.1) is 0 Å². The minimum atomic E-state index is -4.65. The number of carbonyl (C=O) groups excluding carboxylic acids is 2. The number of esters is 2. The zero-order valence-corrected chi connectivity index (χ0v) is 36.4. The normalized spacial score (nSPS) is 14.7. The van der Waals surface area contributed by atoms with Crippen molar-refractivity contribution >= 4 is 19.8 Å². The van der Waals surface area contributed by atoms with Crippen molar-refractivity contribution in [2.75, 3.05) is 47.5 Å². The Hall–Kier alpha value is -2.07. The maximum atomic E-state index is 12.6. The number of unbranched alkanes of at least 4 members (excludes halogenated alkanes) is 16. The Morgan fingerprint density at radius 1 is 0.673 bits per heavy atom. The Bertz CT molecular complexity index is 1100. The van der Waals surface area contributed by atoms with E-state index in [2.05, 4.69) is 19.9 Å². The first-order valence-corrected chi connectivity index (χ1v) is 22.9. The van der Waals surface area contributed by atoms with Gasteiger partial charge in [0.15, 0.2) is 6.10 Å². The van der Waals surface area contributed by atoms with Crippen molar-refractivity contribution in [1.29, 1.82) is 0 Å². The molecule has 0 aromatic heterocycles. The quantitative estimate of drug-likeness (QED) is 0.0162. The fourth-order valence-corrected chi connectivity index (χ4v) is 6.22. The molecule has 0 aliphatic rings. The molecule has 0 aliphatic heterocycles. The maximum absolute atomic E-state index is 12.6. The predicted octanol–water partition coefficient (Wildman–Crippen LogP) is 10.2. The summed E-state index contributed by atoms with van der Waals surface area (Å²) in [6.07, 6.45) is 37.4. The van der Waals surface area contributed by atoms with Crippen LogP contribution in [0.4, 0.5) is 0 Å². The minimum Gasteiger partial charge on any atom is -0.756 e. The SMILES string of the molecule is CCCCC/C=C\C[C@H](O)/C=C/C=C\C/C=C\CCCC(=O)O[C@H](COC(=O)CCCCCCCCCCCCCCC)COP(=O)([O-])OCC[N+](C)(C)C. The van der Waals surface area contributed by atoms with Crippen LogP contribution in [0.3, 0.4) is 0 Å². The lowest BCUT2D eigenvalue weighted by Crippen LogP contribution is -2.37. The van der Waals surface area contributed by atoms with E-state index < -0.39 is 38.6 Å². The van der Waals surface area contributed by atoms with E-state index in [1.165, 1.54) is 83.5 Å². The summed E-state index contributed by atoms with van der Waals surface area (Å²) in [6, 6.07) is 0. The van der Waals surface area contributed by atoms with E-state index in [4.69, 9.17) is 18.5 Å². The highest BCUT2D eigenvalue weighted by Crippen LogP contribution is 2.38. The van der Waals surface area contributed by atoms with Crippen molar-refractivity contribution in [2.45, 2.75) is 174 Å². The van der Waals surface area contributed by atoms with Crippen LogP contribution < -0.4 is 4.89 Å². The van der Waals surface area contributed by atoms with Crippen molar-refractivity contribution in [1.82, 2.24) is 0 Å². The molecule has 1 unspecified atom stereocenters. The predicted molar refractivity (Wildman–Crippen MR) is 223 cm³/mol. The number of quaternary nitrogens is 1. The molecule has 0 radical (unpaired) electrons. The van der Waals surface area contributed by atoms with Crippen LogP contribution in [-0.2, 0) is 32.7 Å². The molecule has 0 heterocycles. The number of likely N-dealkylation sites (N-methyl/N-ethyl adjacent to an activating group) is 1. The van der Waals surface area contributed by atoms with Gasteiger partial charge in [-0.1, -0.05) is 152 Å². The van der Waals surface area contributed by atoms with Gasteiger partial charge in [-0.25, -0.2) is 0 Å². The highest BCUT2D eigenvalue weighted by Gasteiger charge is 2.21. The molecule has 0 aromatic rings. The maximum Gasteiger partial charge on any atom is 0.306 e. The number of aliphatic hydroxyl groups is 1. The topological polar surface area (TPSA) is 131 Å². The molecule has 1 N–H and O–H groups in total. The smallest absolute Gasteiger partial charge is 0.306 e. The van der Waals surface area contributed by atoms with Crippen LogP contribution in [0.15, 0.2) is 48.6 Å². The molecule has 0 spiro atoms. The number of hydrogen-bond acceptors (Lipinski definition) is 9. The van der Waals surface area contributed by atoms with E-state index in [1.54, 1.807) is 6.08 Å². The van der Waals surface area contributed by atoms with Gasteiger partial charge in [-0.3, -0.25) is 14.2 Å². The van der Waals surface area contributed by atoms with E-state index in [9.17, 15) is 24.2 Å². The summed E-state index contributed by atoms with van der Waals surface area (Å²) < 4.78 is 33.7. The van der Waals surface area contributed by atoms with Crippen LogP contribution in [0.25, 0.3) is 0 Å². The molecule has 10 nitrogen and oxygen atoms in total. The second-order valence-electron chi connectivity index (χ2n) is 15.6.